The van der Waals surface area contributed by atoms with E-state index in [1.165, 1.54) is 5.56 Å². The molecule has 4 heteroatoms. The highest BCUT2D eigenvalue weighted by atomic mass is 16.5. The minimum Gasteiger partial charge on any atom is -0.495 e. The van der Waals surface area contributed by atoms with Gasteiger partial charge in [-0.1, -0.05) is 36.4 Å². The first-order chi connectivity index (χ1) is 12.3. The number of anilines is 1. The summed E-state index contributed by atoms with van der Waals surface area (Å²) < 4.78 is 5.43. The summed E-state index contributed by atoms with van der Waals surface area (Å²) in [4.78, 5) is 2.46. The predicted molar refractivity (Wildman–Crippen MR) is 100 cm³/mol. The summed E-state index contributed by atoms with van der Waals surface area (Å²) in [6, 6.07) is 17.1. The van der Waals surface area contributed by atoms with Gasteiger partial charge in [-0.3, -0.25) is 4.90 Å². The van der Waals surface area contributed by atoms with Gasteiger partial charge in [-0.05, 0) is 42.5 Å². The number of benzene rings is 2. The van der Waals surface area contributed by atoms with Crippen LogP contribution in [0.1, 0.15) is 30.1 Å². The molecule has 132 valence electrons. The summed E-state index contributed by atoms with van der Waals surface area (Å²) in [5.74, 6) is 0.895. The highest BCUT2D eigenvalue weighted by Gasteiger charge is 2.36. The quantitative estimate of drug-likeness (QED) is 0.898. The molecule has 1 heterocycles. The third kappa shape index (κ3) is 3.24. The van der Waals surface area contributed by atoms with Crippen molar-refractivity contribution in [1.82, 2.24) is 4.90 Å². The lowest BCUT2D eigenvalue weighted by atomic mass is 10.0. The van der Waals surface area contributed by atoms with Crippen LogP contribution in [-0.4, -0.2) is 42.3 Å². The standard InChI is InChI=1S/C21H26N2O2/c1-25-20-9-5-4-8-18(20)22-16-10-12-23(13-11-16)19-14-15-6-2-3-7-17(15)21(19)24/h2-9,16,19,21-22,24H,10-14H2,1H3/t19-,21+/m0/s1. The lowest BCUT2D eigenvalue weighted by Gasteiger charge is -2.38. The zero-order valence-electron chi connectivity index (χ0n) is 14.7. The van der Waals surface area contributed by atoms with E-state index in [0.29, 0.717) is 6.04 Å². The summed E-state index contributed by atoms with van der Waals surface area (Å²) >= 11 is 0. The van der Waals surface area contributed by atoms with Crippen LogP contribution in [0.25, 0.3) is 0 Å². The number of ether oxygens (including phenoxy) is 1. The van der Waals surface area contributed by atoms with E-state index in [4.69, 9.17) is 4.74 Å². The highest BCUT2D eigenvalue weighted by molar-refractivity contribution is 5.56. The third-order valence-electron chi connectivity index (χ3n) is 5.63. The summed E-state index contributed by atoms with van der Waals surface area (Å²) in [5.41, 5.74) is 3.48. The largest absolute Gasteiger partial charge is 0.495 e. The molecular formula is C21H26N2O2. The van der Waals surface area contributed by atoms with Gasteiger partial charge in [0, 0.05) is 25.2 Å². The average Bonchev–Trinajstić information content (AvgIpc) is 3.00. The van der Waals surface area contributed by atoms with E-state index in [0.717, 1.165) is 49.4 Å². The first-order valence-corrected chi connectivity index (χ1v) is 9.15. The van der Waals surface area contributed by atoms with Crippen LogP contribution >= 0.6 is 0 Å². The van der Waals surface area contributed by atoms with Gasteiger partial charge in [-0.25, -0.2) is 0 Å². The smallest absolute Gasteiger partial charge is 0.141 e. The fourth-order valence-corrected chi connectivity index (χ4v) is 4.24. The minimum absolute atomic E-state index is 0.226. The number of hydrogen-bond acceptors (Lipinski definition) is 4. The number of rotatable bonds is 4. The molecule has 1 fully saturated rings. The number of likely N-dealkylation sites (tertiary alicyclic amines) is 1. The van der Waals surface area contributed by atoms with Gasteiger partial charge < -0.3 is 15.2 Å². The third-order valence-corrected chi connectivity index (χ3v) is 5.63. The van der Waals surface area contributed by atoms with Crippen molar-refractivity contribution in [3.05, 3.63) is 59.7 Å². The topological polar surface area (TPSA) is 44.7 Å². The van der Waals surface area contributed by atoms with Crippen molar-refractivity contribution in [3.63, 3.8) is 0 Å². The Morgan fingerprint density at radius 1 is 1.04 bits per heavy atom. The molecule has 0 unspecified atom stereocenters. The molecule has 0 spiro atoms. The number of nitrogens with one attached hydrogen (secondary N) is 1. The molecule has 2 N–H and O–H groups in total. The zero-order valence-corrected chi connectivity index (χ0v) is 14.7. The first kappa shape index (κ1) is 16.4. The Bertz CT molecular complexity index is 725. The summed E-state index contributed by atoms with van der Waals surface area (Å²) in [5, 5.41) is 14.3. The van der Waals surface area contributed by atoms with E-state index in [9.17, 15) is 5.11 Å². The van der Waals surface area contributed by atoms with Crippen molar-refractivity contribution >= 4 is 5.69 Å². The van der Waals surface area contributed by atoms with Gasteiger partial charge in [0.25, 0.3) is 0 Å². The molecule has 0 radical (unpaired) electrons. The van der Waals surface area contributed by atoms with E-state index in [2.05, 4.69) is 34.5 Å². The van der Waals surface area contributed by atoms with Gasteiger partial charge in [0.15, 0.2) is 0 Å². The molecular weight excluding hydrogens is 312 g/mol. The second-order valence-corrected chi connectivity index (χ2v) is 7.07. The molecule has 0 saturated carbocycles. The molecule has 1 aliphatic carbocycles. The lowest BCUT2D eigenvalue weighted by Crippen LogP contribution is -2.46. The first-order valence-electron chi connectivity index (χ1n) is 9.15. The molecule has 4 nitrogen and oxygen atoms in total. The maximum absolute atomic E-state index is 10.7. The maximum Gasteiger partial charge on any atom is 0.141 e. The van der Waals surface area contributed by atoms with Crippen LogP contribution in [0.5, 0.6) is 5.75 Å². The summed E-state index contributed by atoms with van der Waals surface area (Å²) in [7, 11) is 1.71. The molecule has 25 heavy (non-hydrogen) atoms. The van der Waals surface area contributed by atoms with Gasteiger partial charge in [-0.2, -0.15) is 0 Å². The molecule has 2 aliphatic rings. The van der Waals surface area contributed by atoms with Crippen molar-refractivity contribution in [2.75, 3.05) is 25.5 Å². The Balaban J connectivity index is 1.36. The molecule has 2 aromatic carbocycles. The molecule has 1 aliphatic heterocycles. The molecule has 2 atom stereocenters. The lowest BCUT2D eigenvalue weighted by molar-refractivity contribution is 0.0474. The number of fused-ring (bicyclic) bond motifs is 1. The number of hydrogen-bond donors (Lipinski definition) is 2. The van der Waals surface area contributed by atoms with Crippen molar-refractivity contribution in [2.45, 2.75) is 37.5 Å². The normalized spacial score (nSPS) is 24.1. The monoisotopic (exact) mass is 338 g/mol. The Kier molecular flexibility index (Phi) is 4.64. The van der Waals surface area contributed by atoms with Gasteiger partial charge in [-0.15, -0.1) is 0 Å². The molecule has 1 saturated heterocycles. The van der Waals surface area contributed by atoms with Crippen molar-refractivity contribution in [1.29, 1.82) is 0 Å². The molecule has 4 rings (SSSR count). The molecule has 0 aromatic heterocycles. The van der Waals surface area contributed by atoms with Crippen LogP contribution in [0.2, 0.25) is 0 Å². The number of piperidine rings is 1. The van der Waals surface area contributed by atoms with E-state index in [-0.39, 0.29) is 12.1 Å². The van der Waals surface area contributed by atoms with Gasteiger partial charge in [0.2, 0.25) is 0 Å². The minimum atomic E-state index is -0.352. The SMILES string of the molecule is COc1ccccc1NC1CCN([C@H]2Cc3ccccc3[C@H]2O)CC1. The van der Waals surface area contributed by atoms with Crippen LogP contribution in [0.3, 0.4) is 0 Å². The molecule has 0 amide bonds. The fourth-order valence-electron chi connectivity index (χ4n) is 4.24. The van der Waals surface area contributed by atoms with E-state index in [1.807, 2.05) is 24.3 Å². The van der Waals surface area contributed by atoms with Crippen LogP contribution in [0, 0.1) is 0 Å². The number of para-hydroxylation sites is 2. The Morgan fingerprint density at radius 3 is 2.52 bits per heavy atom. The van der Waals surface area contributed by atoms with Crippen LogP contribution in [0.15, 0.2) is 48.5 Å². The maximum atomic E-state index is 10.7. The van der Waals surface area contributed by atoms with Crippen LogP contribution in [-0.2, 0) is 6.42 Å². The van der Waals surface area contributed by atoms with Crippen LogP contribution in [0.4, 0.5) is 5.69 Å². The Morgan fingerprint density at radius 2 is 1.76 bits per heavy atom. The summed E-state index contributed by atoms with van der Waals surface area (Å²) in [6.45, 7) is 2.03. The number of nitrogens with zero attached hydrogens (tertiary/aromatic N) is 1. The number of aliphatic hydroxyl groups excluding tert-OH is 1. The Labute approximate surface area is 149 Å². The van der Waals surface area contributed by atoms with Gasteiger partial charge in [0.1, 0.15) is 5.75 Å². The predicted octanol–water partition coefficient (Wildman–Crippen LogP) is 3.23. The zero-order chi connectivity index (χ0) is 17.2. The highest BCUT2D eigenvalue weighted by Crippen LogP contribution is 2.36. The summed E-state index contributed by atoms with van der Waals surface area (Å²) in [6.07, 6.45) is 2.77. The van der Waals surface area contributed by atoms with E-state index < -0.39 is 0 Å². The van der Waals surface area contributed by atoms with Crippen molar-refractivity contribution < 1.29 is 9.84 Å². The average molecular weight is 338 g/mol. The fraction of sp³-hybridized carbons (Fsp3) is 0.429. The second-order valence-electron chi connectivity index (χ2n) is 7.07. The van der Waals surface area contributed by atoms with Gasteiger partial charge >= 0.3 is 0 Å². The molecule has 2 aromatic rings. The van der Waals surface area contributed by atoms with Crippen LogP contribution < -0.4 is 10.1 Å². The number of methoxy groups -OCH3 is 1. The number of aliphatic hydroxyl groups is 1. The van der Waals surface area contributed by atoms with E-state index in [1.54, 1.807) is 7.11 Å². The Hall–Kier alpha value is -2.04. The van der Waals surface area contributed by atoms with Crippen molar-refractivity contribution in [3.8, 4) is 5.75 Å². The second kappa shape index (κ2) is 7.06. The molecule has 0 bridgehead atoms. The van der Waals surface area contributed by atoms with Gasteiger partial charge in [0.05, 0.1) is 18.9 Å². The van der Waals surface area contributed by atoms with Crippen molar-refractivity contribution in [2.24, 2.45) is 0 Å². The van der Waals surface area contributed by atoms with E-state index >= 15 is 0 Å².